The van der Waals surface area contributed by atoms with Crippen molar-refractivity contribution in [3.05, 3.63) is 89.5 Å². The average Bonchev–Trinajstić information content (AvgIpc) is 3.59. The van der Waals surface area contributed by atoms with Gasteiger partial charge in [0.05, 0.1) is 18.3 Å². The van der Waals surface area contributed by atoms with Crippen LogP contribution in [-0.2, 0) is 13.1 Å². The molecule has 38 heavy (non-hydrogen) atoms. The van der Waals surface area contributed by atoms with Crippen LogP contribution in [0.1, 0.15) is 34.1 Å². The lowest BCUT2D eigenvalue weighted by molar-refractivity contribution is 0.0702. The Morgan fingerprint density at radius 3 is 2.74 bits per heavy atom. The molecule has 0 bridgehead atoms. The molecule has 4 N–H and O–H groups in total. The summed E-state index contributed by atoms with van der Waals surface area (Å²) in [5.74, 6) is 0.262. The molecule has 3 heterocycles. The number of carbonyl (C=O) groups excluding carboxylic acids is 1. The normalized spacial score (nSPS) is 11.2. The molecule has 1 amide bonds. The van der Waals surface area contributed by atoms with E-state index >= 15 is 0 Å². The van der Waals surface area contributed by atoms with Crippen LogP contribution in [0, 0.1) is 6.92 Å². The second kappa shape index (κ2) is 11.4. The number of aromatic amines is 2. The lowest BCUT2D eigenvalue weighted by Crippen LogP contribution is -2.33. The first-order chi connectivity index (χ1) is 18.6. The number of hydrogen-bond acceptors (Lipinski definition) is 6. The molecule has 0 aliphatic heterocycles. The molecule has 0 aliphatic rings. The van der Waals surface area contributed by atoms with Gasteiger partial charge in [-0.25, -0.2) is 4.98 Å². The smallest absolute Gasteiger partial charge is 0.272 e. The van der Waals surface area contributed by atoms with Crippen molar-refractivity contribution in [1.29, 1.82) is 0 Å². The number of amides is 1. The molecule has 9 nitrogen and oxygen atoms in total. The number of rotatable bonds is 10. The predicted molar refractivity (Wildman–Crippen MR) is 147 cm³/mol. The minimum absolute atomic E-state index is 0.129. The number of nitrogens with zero attached hydrogens (tertiary/aromatic N) is 4. The topological polar surface area (TPSA) is 123 Å². The van der Waals surface area contributed by atoms with Crippen molar-refractivity contribution in [2.75, 3.05) is 19.7 Å². The number of H-pyrrole nitrogens is 2. The van der Waals surface area contributed by atoms with E-state index in [2.05, 4.69) is 56.4 Å². The molecule has 2 aromatic carbocycles. The average molecular weight is 510 g/mol. The SMILES string of the molecule is CCNCc1cncc(-c2ccc3[nH]nc(-c4ncc(C(=O)N(CCO)Cc5ccccc5)[nH]4)c3c2)c1C. The Morgan fingerprint density at radius 2 is 1.95 bits per heavy atom. The lowest BCUT2D eigenvalue weighted by Gasteiger charge is -2.21. The Balaban J connectivity index is 1.44. The summed E-state index contributed by atoms with van der Waals surface area (Å²) >= 11 is 0. The van der Waals surface area contributed by atoms with Crippen molar-refractivity contribution >= 4 is 16.8 Å². The van der Waals surface area contributed by atoms with Crippen LogP contribution in [0.4, 0.5) is 0 Å². The number of carbonyl (C=O) groups is 1. The summed E-state index contributed by atoms with van der Waals surface area (Å²) < 4.78 is 0. The number of aromatic nitrogens is 5. The molecule has 3 aromatic heterocycles. The largest absolute Gasteiger partial charge is 0.395 e. The van der Waals surface area contributed by atoms with Gasteiger partial charge in [0, 0.05) is 43.0 Å². The van der Waals surface area contributed by atoms with E-state index < -0.39 is 0 Å². The molecule has 9 heteroatoms. The van der Waals surface area contributed by atoms with Crippen LogP contribution >= 0.6 is 0 Å². The highest BCUT2D eigenvalue weighted by Gasteiger charge is 2.20. The number of pyridine rings is 1. The first-order valence-electron chi connectivity index (χ1n) is 12.7. The maximum atomic E-state index is 13.3. The van der Waals surface area contributed by atoms with Gasteiger partial charge in [0.15, 0.2) is 5.82 Å². The van der Waals surface area contributed by atoms with E-state index in [1.54, 1.807) is 4.90 Å². The summed E-state index contributed by atoms with van der Waals surface area (Å²) in [5.41, 5.74) is 7.26. The Kier molecular flexibility index (Phi) is 7.57. The zero-order valence-corrected chi connectivity index (χ0v) is 21.5. The summed E-state index contributed by atoms with van der Waals surface area (Å²) in [6.07, 6.45) is 5.32. The van der Waals surface area contributed by atoms with Crippen LogP contribution in [0.2, 0.25) is 0 Å². The fraction of sp³-hybridized carbons (Fsp3) is 0.241. The summed E-state index contributed by atoms with van der Waals surface area (Å²) in [7, 11) is 0. The summed E-state index contributed by atoms with van der Waals surface area (Å²) in [6.45, 7) is 6.34. The number of benzene rings is 2. The van der Waals surface area contributed by atoms with E-state index in [-0.39, 0.29) is 19.1 Å². The molecule has 0 saturated heterocycles. The zero-order valence-electron chi connectivity index (χ0n) is 21.5. The molecule has 0 unspecified atom stereocenters. The van der Waals surface area contributed by atoms with Crippen LogP contribution in [0.15, 0.2) is 67.1 Å². The molecule has 194 valence electrons. The Labute approximate surface area is 221 Å². The van der Waals surface area contributed by atoms with Gasteiger partial charge in [0.1, 0.15) is 11.4 Å². The van der Waals surface area contributed by atoms with Crippen molar-refractivity contribution in [3.63, 3.8) is 0 Å². The van der Waals surface area contributed by atoms with E-state index in [0.29, 0.717) is 23.8 Å². The summed E-state index contributed by atoms with van der Waals surface area (Å²) in [5, 5.41) is 21.4. The van der Waals surface area contributed by atoms with Crippen LogP contribution in [0.25, 0.3) is 33.5 Å². The Hall–Kier alpha value is -4.34. The van der Waals surface area contributed by atoms with Gasteiger partial charge in [0.2, 0.25) is 0 Å². The first-order valence-corrected chi connectivity index (χ1v) is 12.7. The number of aliphatic hydroxyl groups excluding tert-OH is 1. The third-order valence-corrected chi connectivity index (χ3v) is 6.66. The lowest BCUT2D eigenvalue weighted by atomic mass is 9.98. The third-order valence-electron chi connectivity index (χ3n) is 6.66. The van der Waals surface area contributed by atoms with Crippen molar-refractivity contribution in [2.45, 2.75) is 26.9 Å². The van der Waals surface area contributed by atoms with E-state index in [9.17, 15) is 9.90 Å². The van der Waals surface area contributed by atoms with Gasteiger partial charge in [0.25, 0.3) is 5.91 Å². The van der Waals surface area contributed by atoms with Crippen molar-refractivity contribution in [2.24, 2.45) is 0 Å². The Morgan fingerprint density at radius 1 is 1.11 bits per heavy atom. The fourth-order valence-electron chi connectivity index (χ4n) is 4.56. The van der Waals surface area contributed by atoms with Crippen molar-refractivity contribution in [3.8, 4) is 22.6 Å². The molecule has 0 aliphatic carbocycles. The van der Waals surface area contributed by atoms with Crippen molar-refractivity contribution < 1.29 is 9.90 Å². The standard InChI is InChI=1S/C29H31N7O2/c1-3-30-14-22-15-31-16-24(19(22)2)21-9-10-25-23(13-21)27(35-34-25)28-32-17-26(33-28)29(38)36(11-12-37)18-20-7-5-4-6-8-20/h4-10,13,15-17,30,37H,3,11-12,14,18H2,1-2H3,(H,32,33)(H,34,35). The molecular formula is C29H31N7O2. The zero-order chi connectivity index (χ0) is 26.5. The molecule has 0 saturated carbocycles. The van der Waals surface area contributed by atoms with Crippen LogP contribution in [0.3, 0.4) is 0 Å². The summed E-state index contributed by atoms with van der Waals surface area (Å²) in [4.78, 5) is 27.0. The molecular weight excluding hydrogens is 478 g/mol. The van der Waals surface area contributed by atoms with Crippen LogP contribution in [-0.4, -0.2) is 60.8 Å². The van der Waals surface area contributed by atoms with Gasteiger partial charge in [-0.15, -0.1) is 0 Å². The summed E-state index contributed by atoms with van der Waals surface area (Å²) in [6, 6.07) is 15.8. The van der Waals surface area contributed by atoms with Gasteiger partial charge in [-0.2, -0.15) is 5.10 Å². The van der Waals surface area contributed by atoms with E-state index in [0.717, 1.165) is 46.2 Å². The van der Waals surface area contributed by atoms with E-state index in [4.69, 9.17) is 0 Å². The first kappa shape index (κ1) is 25.3. The van der Waals surface area contributed by atoms with Crippen LogP contribution in [0.5, 0.6) is 0 Å². The highest BCUT2D eigenvalue weighted by molar-refractivity contribution is 5.96. The number of aliphatic hydroxyl groups is 1. The highest BCUT2D eigenvalue weighted by atomic mass is 16.3. The molecule has 0 atom stereocenters. The molecule has 5 aromatic rings. The van der Waals surface area contributed by atoms with Crippen LogP contribution < -0.4 is 5.32 Å². The van der Waals surface area contributed by atoms with Gasteiger partial charge in [-0.05, 0) is 47.9 Å². The second-order valence-electron chi connectivity index (χ2n) is 9.17. The predicted octanol–water partition coefficient (Wildman–Crippen LogP) is 4.07. The van der Waals surface area contributed by atoms with E-state index in [1.165, 1.54) is 11.8 Å². The van der Waals surface area contributed by atoms with E-state index in [1.807, 2.05) is 48.8 Å². The number of hydrogen-bond donors (Lipinski definition) is 4. The number of nitrogens with one attached hydrogen (secondary N) is 3. The van der Waals surface area contributed by atoms with Gasteiger partial charge >= 0.3 is 0 Å². The monoisotopic (exact) mass is 509 g/mol. The third kappa shape index (κ3) is 5.20. The number of fused-ring (bicyclic) bond motifs is 1. The highest BCUT2D eigenvalue weighted by Crippen LogP contribution is 2.31. The van der Waals surface area contributed by atoms with Gasteiger partial charge < -0.3 is 20.3 Å². The molecule has 0 fully saturated rings. The maximum Gasteiger partial charge on any atom is 0.272 e. The maximum absolute atomic E-state index is 13.3. The quantitative estimate of drug-likeness (QED) is 0.225. The molecule has 0 radical (unpaired) electrons. The van der Waals surface area contributed by atoms with Crippen molar-refractivity contribution in [1.82, 2.24) is 35.4 Å². The molecule has 5 rings (SSSR count). The van der Waals surface area contributed by atoms with Gasteiger partial charge in [-0.1, -0.05) is 43.3 Å². The van der Waals surface area contributed by atoms with Gasteiger partial charge in [-0.3, -0.25) is 14.9 Å². The minimum Gasteiger partial charge on any atom is -0.395 e. The fourth-order valence-corrected chi connectivity index (χ4v) is 4.56. The second-order valence-corrected chi connectivity index (χ2v) is 9.17. The Bertz CT molecular complexity index is 1540. The molecule has 0 spiro atoms. The minimum atomic E-state index is -0.235. The number of imidazole rings is 1.